The molecule has 1 amide bonds. The van der Waals surface area contributed by atoms with Crippen molar-refractivity contribution >= 4 is 27.7 Å². The number of esters is 1. The van der Waals surface area contributed by atoms with Gasteiger partial charge in [-0.1, -0.05) is 83.1 Å². The zero-order valence-corrected chi connectivity index (χ0v) is 29.4. The van der Waals surface area contributed by atoms with Crippen molar-refractivity contribution in [2.24, 2.45) is 5.92 Å². The molecule has 0 bridgehead atoms. The summed E-state index contributed by atoms with van der Waals surface area (Å²) in [6.07, 6.45) is 7.02. The van der Waals surface area contributed by atoms with Crippen LogP contribution in [0, 0.1) is 5.92 Å². The normalized spacial score (nSPS) is 14.4. The Morgan fingerprint density at radius 2 is 1.50 bits per heavy atom. The van der Waals surface area contributed by atoms with Crippen molar-refractivity contribution in [3.05, 3.63) is 42.0 Å². The van der Waals surface area contributed by atoms with Crippen LogP contribution in [-0.2, 0) is 35.4 Å². The molecule has 1 aromatic rings. The maximum Gasteiger partial charge on any atom is 0.337 e. The molecule has 0 aromatic heterocycles. The molecular weight excluding hydrogens is 648 g/mol. The summed E-state index contributed by atoms with van der Waals surface area (Å²) in [7, 11) is -2.00. The van der Waals surface area contributed by atoms with Gasteiger partial charge in [-0.2, -0.15) is 0 Å². The Kier molecular flexibility index (Phi) is 20.9. The zero-order chi connectivity index (χ0) is 36.0. The number of carbonyl (C=O) groups is 3. The molecule has 0 aliphatic carbocycles. The number of carboxylic acids is 1. The van der Waals surface area contributed by atoms with Gasteiger partial charge < -0.3 is 25.0 Å². The van der Waals surface area contributed by atoms with Gasteiger partial charge >= 0.3 is 11.9 Å². The molecule has 0 fully saturated rings. The quantitative estimate of drug-likeness (QED) is 0.0565. The number of sulfone groups is 1. The first-order chi connectivity index (χ1) is 22.8. The number of alkyl halides is 2. The van der Waals surface area contributed by atoms with Gasteiger partial charge in [0, 0.05) is 12.8 Å². The maximum absolute atomic E-state index is 13.4. The summed E-state index contributed by atoms with van der Waals surface area (Å²) in [5.74, 6) is -5.03. The fraction of sp³-hybridized carbons (Fsp3) is 0.686. The highest BCUT2D eigenvalue weighted by atomic mass is 32.2. The third kappa shape index (κ3) is 16.9. The number of aliphatic carboxylic acids is 1. The second kappa shape index (κ2) is 23.3. The Balaban J connectivity index is 2.90. The van der Waals surface area contributed by atoms with Gasteiger partial charge in [-0.3, -0.25) is 4.79 Å². The number of carbonyl (C=O) groups excluding carboxylic acids is 2. The number of benzene rings is 1. The van der Waals surface area contributed by atoms with E-state index in [-0.39, 0.29) is 17.9 Å². The smallest absolute Gasteiger partial charge is 0.337 e. The third-order valence-electron chi connectivity index (χ3n) is 8.03. The largest absolute Gasteiger partial charge is 0.494 e. The predicted octanol–water partition coefficient (Wildman–Crippen LogP) is 6.04. The molecule has 0 aliphatic rings. The highest BCUT2D eigenvalue weighted by Crippen LogP contribution is 2.28. The molecule has 48 heavy (non-hydrogen) atoms. The molecule has 3 N–H and O–H groups in total. The van der Waals surface area contributed by atoms with Crippen LogP contribution in [0.5, 0.6) is 5.75 Å². The predicted molar refractivity (Wildman–Crippen MR) is 181 cm³/mol. The third-order valence-corrected chi connectivity index (χ3v) is 9.85. The van der Waals surface area contributed by atoms with Crippen molar-refractivity contribution in [3.8, 4) is 5.75 Å². The summed E-state index contributed by atoms with van der Waals surface area (Å²) < 4.78 is 61.8. The molecule has 13 heteroatoms. The average molecular weight is 704 g/mol. The van der Waals surface area contributed by atoms with Gasteiger partial charge in [-0.25, -0.2) is 26.8 Å². The Labute approximate surface area is 284 Å². The minimum Gasteiger partial charge on any atom is -0.494 e. The van der Waals surface area contributed by atoms with Crippen molar-refractivity contribution in [2.45, 2.75) is 122 Å². The summed E-state index contributed by atoms with van der Waals surface area (Å²) >= 11 is 0. The van der Waals surface area contributed by atoms with Crippen molar-refractivity contribution in [1.82, 2.24) is 5.32 Å². The molecule has 1 rings (SSSR count). The Morgan fingerprint density at radius 3 is 2.04 bits per heavy atom. The highest BCUT2D eigenvalue weighted by Gasteiger charge is 2.49. The lowest BCUT2D eigenvalue weighted by Crippen LogP contribution is -2.55. The van der Waals surface area contributed by atoms with Crippen LogP contribution in [0.25, 0.3) is 0 Å². The number of hydrogen-bond acceptors (Lipinski definition) is 8. The van der Waals surface area contributed by atoms with Crippen LogP contribution in [-0.4, -0.2) is 79.8 Å². The van der Waals surface area contributed by atoms with E-state index >= 15 is 0 Å². The summed E-state index contributed by atoms with van der Waals surface area (Å²) in [6.45, 7) is 4.68. The number of hydrogen-bond donors (Lipinski definition) is 3. The van der Waals surface area contributed by atoms with Crippen LogP contribution in [0.3, 0.4) is 0 Å². The fourth-order valence-corrected chi connectivity index (χ4v) is 6.62. The van der Waals surface area contributed by atoms with Crippen LogP contribution in [0.2, 0.25) is 0 Å². The molecule has 1 aromatic carbocycles. The number of carboxylic acid groups (broad SMARTS) is 1. The Bertz CT molecular complexity index is 1220. The van der Waals surface area contributed by atoms with E-state index in [9.17, 15) is 41.8 Å². The number of allylic oxidation sites excluding steroid dienone is 1. The van der Waals surface area contributed by atoms with Crippen molar-refractivity contribution in [3.63, 3.8) is 0 Å². The number of amides is 1. The topological polar surface area (TPSA) is 156 Å². The monoisotopic (exact) mass is 703 g/mol. The Hall–Kier alpha value is -3.06. The van der Waals surface area contributed by atoms with Gasteiger partial charge in [0.1, 0.15) is 21.6 Å². The first kappa shape index (κ1) is 43.0. The first-order valence-corrected chi connectivity index (χ1v) is 18.8. The van der Waals surface area contributed by atoms with E-state index < -0.39 is 58.1 Å². The summed E-state index contributed by atoms with van der Waals surface area (Å²) in [5, 5.41) is 23.0. The first-order valence-electron chi connectivity index (χ1n) is 17.0. The lowest BCUT2D eigenvalue weighted by molar-refractivity contribution is -0.171. The van der Waals surface area contributed by atoms with Crippen molar-refractivity contribution in [2.75, 3.05) is 25.2 Å². The number of rotatable bonds is 27. The molecule has 0 aliphatic heterocycles. The van der Waals surface area contributed by atoms with E-state index in [2.05, 4.69) is 12.2 Å². The molecule has 0 saturated carbocycles. The van der Waals surface area contributed by atoms with Gasteiger partial charge in [0.25, 0.3) is 0 Å². The molecule has 274 valence electrons. The van der Waals surface area contributed by atoms with Gasteiger partial charge in [0.2, 0.25) is 12.3 Å². The van der Waals surface area contributed by atoms with E-state index in [0.29, 0.717) is 56.4 Å². The van der Waals surface area contributed by atoms with Crippen LogP contribution in [0.4, 0.5) is 8.78 Å². The maximum atomic E-state index is 13.4. The lowest BCUT2D eigenvalue weighted by Gasteiger charge is -2.30. The fourth-order valence-electron chi connectivity index (χ4n) is 5.13. The number of nitrogens with one attached hydrogen (secondary N) is 1. The van der Waals surface area contributed by atoms with Gasteiger partial charge in [-0.05, 0) is 49.8 Å². The Morgan fingerprint density at radius 1 is 0.917 bits per heavy atom. The van der Waals surface area contributed by atoms with Crippen molar-refractivity contribution < 1.29 is 51.3 Å². The minimum absolute atomic E-state index is 0.0565. The van der Waals surface area contributed by atoms with E-state index in [0.717, 1.165) is 51.7 Å². The molecule has 10 nitrogen and oxygen atoms in total. The molecule has 0 spiro atoms. The van der Waals surface area contributed by atoms with E-state index in [4.69, 9.17) is 9.47 Å². The van der Waals surface area contributed by atoms with Gasteiger partial charge in [-0.15, -0.1) is 0 Å². The zero-order valence-electron chi connectivity index (χ0n) is 28.6. The minimum atomic E-state index is -3.24. The molecule has 0 saturated heterocycles. The summed E-state index contributed by atoms with van der Waals surface area (Å²) in [6, 6.07) is 5.48. The lowest BCUT2D eigenvalue weighted by atomic mass is 9.83. The average Bonchev–Trinajstić information content (AvgIpc) is 3.03. The molecule has 0 heterocycles. The van der Waals surface area contributed by atoms with E-state index in [1.807, 2.05) is 6.92 Å². The second-order valence-corrected chi connectivity index (χ2v) is 14.4. The van der Waals surface area contributed by atoms with Crippen LogP contribution in [0.1, 0.15) is 103 Å². The second-order valence-electron chi connectivity index (χ2n) is 12.1. The molecule has 0 unspecified atom stereocenters. The summed E-state index contributed by atoms with van der Waals surface area (Å²) in [5.41, 5.74) is -2.54. The van der Waals surface area contributed by atoms with Gasteiger partial charge in [0.05, 0.1) is 31.1 Å². The number of halogens is 2. The van der Waals surface area contributed by atoms with Gasteiger partial charge in [0.15, 0.2) is 5.60 Å². The number of aliphatic hydroxyl groups is 1. The number of ether oxygens (including phenoxy) is 2. The highest BCUT2D eigenvalue weighted by molar-refractivity contribution is 7.91. The van der Waals surface area contributed by atoms with Crippen molar-refractivity contribution in [1.29, 1.82) is 0 Å². The molecule has 0 radical (unpaired) electrons. The van der Waals surface area contributed by atoms with Crippen LogP contribution >= 0.6 is 0 Å². The molecule has 3 atom stereocenters. The number of unbranched alkanes of at least 4 members (excludes halogenated alkanes) is 9. The van der Waals surface area contributed by atoms with Crippen LogP contribution in [0.15, 0.2) is 36.4 Å². The number of methoxy groups -OCH3 is 1. The molecular formula is C35H55F2NO9S. The SMILES string of the molecule is CCCCCCCS(=O)(=O)CCCCCCC=C[C@H](C(=O)N[C@@H](Cc1ccc(OCCCC)cc1)C(=O)OC)[C@@](O)(CC(F)F)C(=O)O. The van der Waals surface area contributed by atoms with E-state index in [1.54, 1.807) is 24.3 Å². The standard InChI is InChI=1S/C35H55F2NO9S/c1-4-6-8-12-15-23-48(44,45)24-16-13-10-9-11-14-17-29(35(43,34(41)42)26-31(36)37)32(39)38-30(33(40)46-3)25-27-18-20-28(21-19-27)47-22-7-5-2/h14,17-21,29-31,43H,4-13,15-16,22-26H2,1-3H3,(H,38,39)(H,41,42)/t29-,30+,35+/m1/s1. The van der Waals surface area contributed by atoms with E-state index in [1.165, 1.54) is 6.08 Å². The summed E-state index contributed by atoms with van der Waals surface area (Å²) in [4.78, 5) is 38.1. The van der Waals surface area contributed by atoms with Crippen LogP contribution < -0.4 is 10.1 Å².